The average Bonchev–Trinajstić information content (AvgIpc) is 2.17. The number of aliphatic hydroxyl groups excluding tert-OH is 1. The third-order valence-electron chi connectivity index (χ3n) is 2.86. The van der Waals surface area contributed by atoms with Gasteiger partial charge in [-0.15, -0.1) is 0 Å². The Morgan fingerprint density at radius 1 is 1.47 bits per heavy atom. The molecule has 1 unspecified atom stereocenters. The average molecular weight is 228 g/mol. The molecule has 0 radical (unpaired) electrons. The molecule has 0 fully saturated rings. The summed E-state index contributed by atoms with van der Waals surface area (Å²) in [6.07, 6.45) is 0. The monoisotopic (exact) mass is 227 g/mol. The van der Waals surface area contributed by atoms with Crippen LogP contribution in [0.2, 0.25) is 5.02 Å². The minimum Gasteiger partial charge on any atom is -0.394 e. The smallest absolute Gasteiger partial charge is 0.0661 e. The molecule has 2 N–H and O–H groups in total. The van der Waals surface area contributed by atoms with Crippen molar-refractivity contribution in [1.29, 1.82) is 0 Å². The van der Waals surface area contributed by atoms with Crippen molar-refractivity contribution in [2.24, 2.45) is 5.92 Å². The molecule has 0 aromatic heterocycles. The molecule has 1 atom stereocenters. The van der Waals surface area contributed by atoms with E-state index in [4.69, 9.17) is 11.6 Å². The quantitative estimate of drug-likeness (QED) is 0.828. The number of nitrogens with one attached hydrogen (secondary N) is 1. The number of benzene rings is 1. The van der Waals surface area contributed by atoms with Gasteiger partial charge in [0.25, 0.3) is 0 Å². The fourth-order valence-electron chi connectivity index (χ4n) is 1.26. The van der Waals surface area contributed by atoms with Crippen LogP contribution in [0.3, 0.4) is 0 Å². The zero-order valence-electron chi connectivity index (χ0n) is 9.42. The van der Waals surface area contributed by atoms with Crippen molar-refractivity contribution in [2.75, 3.05) is 11.9 Å². The Morgan fingerprint density at radius 2 is 2.13 bits per heavy atom. The first-order valence-electron chi connectivity index (χ1n) is 5.12. The molecule has 15 heavy (non-hydrogen) atoms. The molecule has 0 aliphatic heterocycles. The van der Waals surface area contributed by atoms with Gasteiger partial charge in [0, 0.05) is 10.7 Å². The Kier molecular flexibility index (Phi) is 4.00. The number of rotatable bonds is 4. The van der Waals surface area contributed by atoms with Crippen LogP contribution in [0.25, 0.3) is 0 Å². The zero-order valence-corrected chi connectivity index (χ0v) is 10.2. The van der Waals surface area contributed by atoms with Crippen molar-refractivity contribution in [3.63, 3.8) is 0 Å². The van der Waals surface area contributed by atoms with Gasteiger partial charge in [-0.25, -0.2) is 0 Å². The lowest BCUT2D eigenvalue weighted by atomic mass is 9.89. The van der Waals surface area contributed by atoms with Gasteiger partial charge < -0.3 is 10.4 Å². The Balaban J connectivity index is 2.84. The molecule has 3 heteroatoms. The lowest BCUT2D eigenvalue weighted by molar-refractivity contribution is 0.186. The van der Waals surface area contributed by atoms with Crippen LogP contribution in [0.5, 0.6) is 0 Å². The minimum absolute atomic E-state index is 0.0944. The maximum atomic E-state index is 9.39. The summed E-state index contributed by atoms with van der Waals surface area (Å²) in [5, 5.41) is 13.4. The first-order chi connectivity index (χ1) is 6.98. The number of hydrogen-bond donors (Lipinski definition) is 2. The predicted octanol–water partition coefficient (Wildman–Crippen LogP) is 3.16. The van der Waals surface area contributed by atoms with Gasteiger partial charge in [0.2, 0.25) is 0 Å². The Bertz CT molecular complexity index is 327. The van der Waals surface area contributed by atoms with E-state index < -0.39 is 0 Å². The van der Waals surface area contributed by atoms with E-state index >= 15 is 0 Å². The lowest BCUT2D eigenvalue weighted by Gasteiger charge is -2.34. The first-order valence-corrected chi connectivity index (χ1v) is 5.50. The highest BCUT2D eigenvalue weighted by Crippen LogP contribution is 2.24. The van der Waals surface area contributed by atoms with E-state index in [1.165, 1.54) is 0 Å². The standard InChI is InChI=1S/C12H18ClNO/c1-9(2)12(3,8-15)14-11-6-4-5-10(13)7-11/h4-7,9,14-15H,8H2,1-3H3. The van der Waals surface area contributed by atoms with Crippen LogP contribution in [-0.4, -0.2) is 17.3 Å². The van der Waals surface area contributed by atoms with Gasteiger partial charge in [-0.2, -0.15) is 0 Å². The van der Waals surface area contributed by atoms with E-state index in [1.54, 1.807) is 0 Å². The molecule has 0 saturated heterocycles. The fourth-order valence-corrected chi connectivity index (χ4v) is 1.45. The van der Waals surface area contributed by atoms with Crippen molar-refractivity contribution in [1.82, 2.24) is 0 Å². The highest BCUT2D eigenvalue weighted by Gasteiger charge is 2.26. The SMILES string of the molecule is CC(C)C(C)(CO)Nc1cccc(Cl)c1. The van der Waals surface area contributed by atoms with Crippen LogP contribution in [0.4, 0.5) is 5.69 Å². The first kappa shape index (κ1) is 12.3. The van der Waals surface area contributed by atoms with Gasteiger partial charge in [-0.3, -0.25) is 0 Å². The summed E-state index contributed by atoms with van der Waals surface area (Å²) in [6.45, 7) is 6.25. The molecule has 1 aromatic rings. The van der Waals surface area contributed by atoms with Crippen LogP contribution in [0.15, 0.2) is 24.3 Å². The van der Waals surface area contributed by atoms with E-state index in [0.29, 0.717) is 10.9 Å². The maximum Gasteiger partial charge on any atom is 0.0661 e. The molecule has 0 amide bonds. The van der Waals surface area contributed by atoms with Crippen molar-refractivity contribution in [3.05, 3.63) is 29.3 Å². The summed E-state index contributed by atoms with van der Waals surface area (Å²) >= 11 is 5.89. The summed E-state index contributed by atoms with van der Waals surface area (Å²) in [5.74, 6) is 0.335. The van der Waals surface area contributed by atoms with Crippen molar-refractivity contribution < 1.29 is 5.11 Å². The van der Waals surface area contributed by atoms with Gasteiger partial charge in [0.1, 0.15) is 0 Å². The van der Waals surface area contributed by atoms with Crippen molar-refractivity contribution in [3.8, 4) is 0 Å². The molecular weight excluding hydrogens is 210 g/mol. The number of aliphatic hydroxyl groups is 1. The predicted molar refractivity (Wildman–Crippen MR) is 65.4 cm³/mol. The van der Waals surface area contributed by atoms with Crippen LogP contribution in [0.1, 0.15) is 20.8 Å². The van der Waals surface area contributed by atoms with E-state index in [1.807, 2.05) is 31.2 Å². The number of halogens is 1. The van der Waals surface area contributed by atoms with E-state index in [2.05, 4.69) is 19.2 Å². The highest BCUT2D eigenvalue weighted by atomic mass is 35.5. The molecular formula is C12H18ClNO. The van der Waals surface area contributed by atoms with Gasteiger partial charge in [-0.1, -0.05) is 31.5 Å². The van der Waals surface area contributed by atoms with Crippen molar-refractivity contribution in [2.45, 2.75) is 26.3 Å². The molecule has 1 aromatic carbocycles. The Morgan fingerprint density at radius 3 is 2.60 bits per heavy atom. The molecule has 1 rings (SSSR count). The molecule has 0 aliphatic carbocycles. The molecule has 0 saturated carbocycles. The minimum atomic E-state index is -0.315. The summed E-state index contributed by atoms with van der Waals surface area (Å²) in [5.41, 5.74) is 0.623. The molecule has 2 nitrogen and oxygen atoms in total. The van der Waals surface area contributed by atoms with Gasteiger partial charge >= 0.3 is 0 Å². The largest absolute Gasteiger partial charge is 0.394 e. The van der Waals surface area contributed by atoms with Gasteiger partial charge in [-0.05, 0) is 31.0 Å². The summed E-state index contributed by atoms with van der Waals surface area (Å²) < 4.78 is 0. The van der Waals surface area contributed by atoms with Gasteiger partial charge in [0.05, 0.1) is 12.1 Å². The topological polar surface area (TPSA) is 32.3 Å². The van der Waals surface area contributed by atoms with Crippen LogP contribution in [0, 0.1) is 5.92 Å². The van der Waals surface area contributed by atoms with E-state index in [0.717, 1.165) is 5.69 Å². The summed E-state index contributed by atoms with van der Waals surface area (Å²) in [6, 6.07) is 7.53. The van der Waals surface area contributed by atoms with Crippen LogP contribution in [-0.2, 0) is 0 Å². The molecule has 84 valence electrons. The second-order valence-corrected chi connectivity index (χ2v) is 4.80. The highest BCUT2D eigenvalue weighted by molar-refractivity contribution is 6.30. The zero-order chi connectivity index (χ0) is 11.5. The van der Waals surface area contributed by atoms with Crippen molar-refractivity contribution >= 4 is 17.3 Å². The third kappa shape index (κ3) is 3.11. The van der Waals surface area contributed by atoms with E-state index in [-0.39, 0.29) is 12.1 Å². The van der Waals surface area contributed by atoms with Gasteiger partial charge in [0.15, 0.2) is 0 Å². The summed E-state index contributed by atoms with van der Waals surface area (Å²) in [4.78, 5) is 0. The fraction of sp³-hybridized carbons (Fsp3) is 0.500. The van der Waals surface area contributed by atoms with E-state index in [9.17, 15) is 5.11 Å². The molecule has 0 heterocycles. The molecule has 0 aliphatic rings. The lowest BCUT2D eigenvalue weighted by Crippen LogP contribution is -2.43. The normalized spacial score (nSPS) is 15.1. The second-order valence-electron chi connectivity index (χ2n) is 4.37. The Labute approximate surface area is 96.3 Å². The Hall–Kier alpha value is -0.730. The van der Waals surface area contributed by atoms with Crippen LogP contribution >= 0.6 is 11.6 Å². The maximum absolute atomic E-state index is 9.39. The molecule has 0 spiro atoms. The number of anilines is 1. The molecule has 0 bridgehead atoms. The summed E-state index contributed by atoms with van der Waals surface area (Å²) in [7, 11) is 0. The second kappa shape index (κ2) is 4.86. The van der Waals surface area contributed by atoms with Crippen LogP contribution < -0.4 is 5.32 Å². The number of hydrogen-bond acceptors (Lipinski definition) is 2. The third-order valence-corrected chi connectivity index (χ3v) is 3.09.